The molecule has 3 unspecified atom stereocenters. The van der Waals surface area contributed by atoms with Crippen molar-refractivity contribution in [2.24, 2.45) is 11.8 Å². The summed E-state index contributed by atoms with van der Waals surface area (Å²) in [4.78, 5) is 16.6. The van der Waals surface area contributed by atoms with Crippen molar-refractivity contribution in [2.75, 3.05) is 11.9 Å². The molecular formula is C28H26ClF3N2O5S. The van der Waals surface area contributed by atoms with Gasteiger partial charge in [-0.15, -0.1) is 0 Å². The molecule has 0 radical (unpaired) electrons. The van der Waals surface area contributed by atoms with Crippen LogP contribution in [0.1, 0.15) is 41.6 Å². The van der Waals surface area contributed by atoms with Gasteiger partial charge in [-0.25, -0.2) is 21.6 Å². The van der Waals surface area contributed by atoms with E-state index in [9.17, 15) is 31.5 Å². The summed E-state index contributed by atoms with van der Waals surface area (Å²) in [5.74, 6) is -6.17. The van der Waals surface area contributed by atoms with E-state index in [1.807, 2.05) is 6.07 Å². The Morgan fingerprint density at radius 3 is 2.40 bits per heavy atom. The van der Waals surface area contributed by atoms with E-state index in [0.29, 0.717) is 25.0 Å². The maximum atomic E-state index is 13.9. The Hall–Kier alpha value is -2.99. The summed E-state index contributed by atoms with van der Waals surface area (Å²) in [6.45, 7) is 0.331. The number of nitrogens with zero attached hydrogens (tertiary/aromatic N) is 1. The number of hydrogen-bond donors (Lipinski definition) is 2. The van der Waals surface area contributed by atoms with E-state index in [1.54, 1.807) is 18.5 Å². The second-order valence-corrected chi connectivity index (χ2v) is 12.9. The van der Waals surface area contributed by atoms with Crippen molar-refractivity contribution < 1.29 is 36.2 Å². The maximum Gasteiger partial charge on any atom is 0.255 e. The first-order valence-corrected chi connectivity index (χ1v) is 14.6. The third kappa shape index (κ3) is 5.74. The molecule has 12 heteroatoms. The van der Waals surface area contributed by atoms with Gasteiger partial charge in [0.25, 0.3) is 5.91 Å². The van der Waals surface area contributed by atoms with Crippen LogP contribution in [0.2, 0.25) is 5.02 Å². The number of pyridine rings is 1. The summed E-state index contributed by atoms with van der Waals surface area (Å²) in [5, 5.41) is 12.6. The Balaban J connectivity index is 1.32. The van der Waals surface area contributed by atoms with E-state index in [1.165, 1.54) is 12.1 Å². The topological polar surface area (TPSA) is 106 Å². The first-order chi connectivity index (χ1) is 19.0. The Morgan fingerprint density at radius 2 is 1.77 bits per heavy atom. The maximum absolute atomic E-state index is 13.9. The lowest BCUT2D eigenvalue weighted by atomic mass is 9.77. The molecule has 5 rings (SSSR count). The van der Waals surface area contributed by atoms with Crippen LogP contribution in [0.5, 0.6) is 0 Å². The number of hydrogen-bond acceptors (Lipinski definition) is 6. The van der Waals surface area contributed by atoms with Crippen LogP contribution in [0.25, 0.3) is 0 Å². The Morgan fingerprint density at radius 1 is 1.10 bits per heavy atom. The van der Waals surface area contributed by atoms with Gasteiger partial charge in [-0.05, 0) is 67.3 Å². The highest BCUT2D eigenvalue weighted by Crippen LogP contribution is 2.51. The van der Waals surface area contributed by atoms with Crippen LogP contribution < -0.4 is 5.32 Å². The minimum absolute atomic E-state index is 0.0582. The third-order valence-electron chi connectivity index (χ3n) is 7.58. The summed E-state index contributed by atoms with van der Waals surface area (Å²) >= 11 is 6.30. The largest absolute Gasteiger partial charge is 0.387 e. The molecule has 40 heavy (non-hydrogen) atoms. The van der Waals surface area contributed by atoms with Crippen LogP contribution in [-0.4, -0.2) is 41.9 Å². The van der Waals surface area contributed by atoms with E-state index >= 15 is 0 Å². The number of anilines is 1. The van der Waals surface area contributed by atoms with Crippen LogP contribution >= 0.6 is 11.6 Å². The monoisotopic (exact) mass is 594 g/mol. The first-order valence-electron chi connectivity index (χ1n) is 12.7. The van der Waals surface area contributed by atoms with Crippen molar-refractivity contribution in [2.45, 2.75) is 48.0 Å². The van der Waals surface area contributed by atoms with Gasteiger partial charge >= 0.3 is 0 Å². The number of amides is 1. The molecule has 1 aromatic heterocycles. The molecule has 2 aliphatic carbocycles. The molecule has 2 N–H and O–H groups in total. The number of ether oxygens (including phenoxy) is 1. The van der Waals surface area contributed by atoms with Gasteiger partial charge in [0, 0.05) is 35.8 Å². The van der Waals surface area contributed by atoms with Crippen LogP contribution in [0.4, 0.5) is 18.9 Å². The van der Waals surface area contributed by atoms with Gasteiger partial charge in [0.15, 0.2) is 27.3 Å². The molecule has 2 bridgehead atoms. The van der Waals surface area contributed by atoms with Gasteiger partial charge in [0.05, 0.1) is 34.0 Å². The highest BCUT2D eigenvalue weighted by molar-refractivity contribution is 7.92. The SMILES string of the molecule is O=C(Nc1cc(F)c(F)c(F)c1)c1ccc(Cl)c(S(=O)(=O)C2C3CC[C@H]2CC(O)(COCc2cccnc2)C3)c1. The van der Waals surface area contributed by atoms with E-state index in [2.05, 4.69) is 10.3 Å². The van der Waals surface area contributed by atoms with Crippen molar-refractivity contribution in [1.29, 1.82) is 0 Å². The zero-order valence-corrected chi connectivity index (χ0v) is 22.7. The van der Waals surface area contributed by atoms with Crippen molar-refractivity contribution in [1.82, 2.24) is 4.98 Å². The van der Waals surface area contributed by atoms with Crippen molar-refractivity contribution in [3.63, 3.8) is 0 Å². The Bertz CT molecular complexity index is 1500. The molecule has 1 heterocycles. The minimum atomic E-state index is -4.03. The normalized spacial score (nSPS) is 24.2. The fourth-order valence-electron chi connectivity index (χ4n) is 5.94. The molecule has 1 amide bonds. The highest BCUT2D eigenvalue weighted by atomic mass is 35.5. The number of rotatable bonds is 8. The molecular weight excluding hydrogens is 569 g/mol. The molecule has 0 saturated heterocycles. The van der Waals surface area contributed by atoms with Crippen LogP contribution in [-0.2, 0) is 21.2 Å². The number of nitrogens with one attached hydrogen (secondary N) is 1. The molecule has 0 aliphatic heterocycles. The first kappa shape index (κ1) is 28.5. The molecule has 2 aliphatic rings. The number of benzene rings is 2. The number of aromatic nitrogens is 1. The average Bonchev–Trinajstić information content (AvgIpc) is 3.21. The van der Waals surface area contributed by atoms with Crippen molar-refractivity contribution in [3.8, 4) is 0 Å². The van der Waals surface area contributed by atoms with Gasteiger partial charge in [-0.3, -0.25) is 9.78 Å². The molecule has 7 nitrogen and oxygen atoms in total. The predicted molar refractivity (Wildman–Crippen MR) is 141 cm³/mol. The zero-order valence-electron chi connectivity index (χ0n) is 21.1. The molecule has 2 aromatic carbocycles. The fourth-order valence-corrected chi connectivity index (χ4v) is 8.79. The summed E-state index contributed by atoms with van der Waals surface area (Å²) in [7, 11) is -4.03. The lowest BCUT2D eigenvalue weighted by molar-refractivity contribution is -0.0866. The quantitative estimate of drug-likeness (QED) is 0.342. The number of sulfone groups is 1. The van der Waals surface area contributed by atoms with E-state index in [4.69, 9.17) is 16.3 Å². The Kier molecular flexibility index (Phi) is 7.93. The van der Waals surface area contributed by atoms with Crippen LogP contribution in [0, 0.1) is 29.3 Å². The molecule has 2 saturated carbocycles. The van der Waals surface area contributed by atoms with E-state index in [-0.39, 0.29) is 59.1 Å². The van der Waals surface area contributed by atoms with Gasteiger partial charge in [-0.1, -0.05) is 17.7 Å². The second kappa shape index (κ2) is 11.1. The molecule has 3 aromatic rings. The standard InChI is InChI=1S/C28H26ClF3N2O5S/c29-21-6-5-17(27(35)34-20-9-22(30)25(32)23(31)10-20)8-24(21)40(37,38)26-18-3-4-19(26)12-28(36,11-18)15-39-14-16-2-1-7-33-13-16/h1-2,5-10,13,18-19,26,36H,3-4,11-12,14-15H2,(H,34,35)/t18-,19?,26?,28?/m0/s1. The lowest BCUT2D eigenvalue weighted by Crippen LogP contribution is -2.48. The summed E-state index contributed by atoms with van der Waals surface area (Å²) in [6, 6.07) is 8.55. The van der Waals surface area contributed by atoms with Gasteiger partial charge in [0.1, 0.15) is 0 Å². The van der Waals surface area contributed by atoms with E-state index in [0.717, 1.165) is 11.6 Å². The molecule has 4 atom stereocenters. The van der Waals surface area contributed by atoms with Gasteiger partial charge in [-0.2, -0.15) is 0 Å². The molecule has 212 valence electrons. The number of carbonyl (C=O) groups is 1. The van der Waals surface area contributed by atoms with Crippen LogP contribution in [0.3, 0.4) is 0 Å². The summed E-state index contributed by atoms with van der Waals surface area (Å²) < 4.78 is 73.9. The summed E-state index contributed by atoms with van der Waals surface area (Å²) in [5.41, 5.74) is -0.767. The summed E-state index contributed by atoms with van der Waals surface area (Å²) in [6.07, 6.45) is 5.02. The van der Waals surface area contributed by atoms with Gasteiger partial charge < -0.3 is 15.2 Å². The van der Waals surface area contributed by atoms with E-state index < -0.39 is 44.0 Å². The Labute approximate surface area is 234 Å². The zero-order chi connectivity index (χ0) is 28.7. The number of halogens is 4. The number of fused-ring (bicyclic) bond motifs is 2. The van der Waals surface area contributed by atoms with Crippen molar-refractivity contribution >= 4 is 33.0 Å². The number of carbonyl (C=O) groups excluding carboxylic acids is 1. The smallest absolute Gasteiger partial charge is 0.255 e. The molecule has 0 spiro atoms. The van der Waals surface area contributed by atoms with Gasteiger partial charge in [0.2, 0.25) is 0 Å². The lowest BCUT2D eigenvalue weighted by Gasteiger charge is -2.40. The highest BCUT2D eigenvalue weighted by Gasteiger charge is 2.54. The van der Waals surface area contributed by atoms with Crippen molar-refractivity contribution in [3.05, 3.63) is 88.5 Å². The third-order valence-corrected chi connectivity index (χ3v) is 10.5. The second-order valence-electron chi connectivity index (χ2n) is 10.4. The average molecular weight is 595 g/mol. The fraction of sp³-hybridized carbons (Fsp3) is 0.357. The number of aliphatic hydroxyl groups is 1. The predicted octanol–water partition coefficient (Wildman–Crippen LogP) is 5.31. The van der Waals surface area contributed by atoms with Crippen LogP contribution in [0.15, 0.2) is 59.8 Å². The molecule has 2 fully saturated rings. The minimum Gasteiger partial charge on any atom is -0.387 e.